The second kappa shape index (κ2) is 12.3. The van der Waals surface area contributed by atoms with Gasteiger partial charge >= 0.3 is 12.1 Å². The Morgan fingerprint density at radius 3 is 2.25 bits per heavy atom. The smallest absolute Gasteiger partial charge is 0.416 e. The predicted octanol–water partition coefficient (Wildman–Crippen LogP) is 6.95. The molecule has 1 spiro atoms. The zero-order chi connectivity index (χ0) is 34.6. The van der Waals surface area contributed by atoms with E-state index in [1.54, 1.807) is 50.7 Å². The second-order valence-corrected chi connectivity index (χ2v) is 15.9. The molecule has 2 amide bonds. The van der Waals surface area contributed by atoms with Crippen molar-refractivity contribution in [3.05, 3.63) is 75.7 Å². The Hall–Kier alpha value is -3.77. The predicted molar refractivity (Wildman–Crippen MR) is 174 cm³/mol. The van der Waals surface area contributed by atoms with Gasteiger partial charge < -0.3 is 19.3 Å². The summed E-state index contributed by atoms with van der Waals surface area (Å²) in [4.78, 5) is 48.4. The first-order valence-electron chi connectivity index (χ1n) is 16.0. The summed E-state index contributed by atoms with van der Waals surface area (Å²) in [5.74, 6) is -0.562. The summed E-state index contributed by atoms with van der Waals surface area (Å²) in [6, 6.07) is 9.85. The summed E-state index contributed by atoms with van der Waals surface area (Å²) in [5, 5.41) is 0. The van der Waals surface area contributed by atoms with Crippen molar-refractivity contribution in [1.29, 1.82) is 0 Å². The molecule has 1 unspecified atom stereocenters. The van der Waals surface area contributed by atoms with Crippen LogP contribution in [0, 0.1) is 22.7 Å². The van der Waals surface area contributed by atoms with Gasteiger partial charge in [-0.25, -0.2) is 4.79 Å². The van der Waals surface area contributed by atoms with Crippen LogP contribution in [0.2, 0.25) is 0 Å². The van der Waals surface area contributed by atoms with Gasteiger partial charge in [-0.3, -0.25) is 14.6 Å². The number of alkyl halides is 3. The highest BCUT2D eigenvalue weighted by molar-refractivity contribution is 7.11. The minimum atomic E-state index is -4.49. The maximum absolute atomic E-state index is 13.6. The van der Waals surface area contributed by atoms with E-state index in [-0.39, 0.29) is 53.3 Å². The largest absolute Gasteiger partial charge is 0.456 e. The zero-order valence-corrected chi connectivity index (χ0v) is 28.5. The minimum absolute atomic E-state index is 0.0208. The van der Waals surface area contributed by atoms with E-state index in [0.717, 1.165) is 18.6 Å². The van der Waals surface area contributed by atoms with E-state index >= 15 is 0 Å². The molecule has 2 atom stereocenters. The molecule has 0 bridgehead atoms. The van der Waals surface area contributed by atoms with Gasteiger partial charge in [0.2, 0.25) is 5.91 Å². The van der Waals surface area contributed by atoms with Crippen molar-refractivity contribution in [3.63, 3.8) is 0 Å². The van der Waals surface area contributed by atoms with Gasteiger partial charge in [0.05, 0.1) is 36.0 Å². The number of benzene rings is 2. The Balaban J connectivity index is 1.22. The van der Waals surface area contributed by atoms with Crippen molar-refractivity contribution in [2.45, 2.75) is 59.4 Å². The van der Waals surface area contributed by atoms with Gasteiger partial charge in [-0.05, 0) is 61.4 Å². The lowest BCUT2D eigenvalue weighted by Crippen LogP contribution is -2.63. The Labute approximate surface area is 282 Å². The summed E-state index contributed by atoms with van der Waals surface area (Å²) >= 11 is 1.29. The van der Waals surface area contributed by atoms with Crippen molar-refractivity contribution < 1.29 is 37.0 Å². The molecule has 3 aromatic rings. The highest BCUT2D eigenvalue weighted by Crippen LogP contribution is 2.54. The van der Waals surface area contributed by atoms with E-state index in [9.17, 15) is 27.6 Å². The van der Waals surface area contributed by atoms with Gasteiger partial charge in [-0.15, -0.1) is 11.3 Å². The topological polar surface area (TPSA) is 89.0 Å². The molecule has 2 saturated heterocycles. The van der Waals surface area contributed by atoms with Gasteiger partial charge in [0.1, 0.15) is 10.5 Å². The Morgan fingerprint density at radius 2 is 1.67 bits per heavy atom. The van der Waals surface area contributed by atoms with Crippen LogP contribution in [0.4, 0.5) is 13.2 Å². The molecule has 6 rings (SSSR count). The molecule has 48 heavy (non-hydrogen) atoms. The molecule has 8 nitrogen and oxygen atoms in total. The first-order chi connectivity index (χ1) is 22.5. The third kappa shape index (κ3) is 6.87. The van der Waals surface area contributed by atoms with Crippen LogP contribution in [0.15, 0.2) is 54.2 Å². The molecule has 3 aliphatic rings. The average molecular weight is 684 g/mol. The number of nitrogens with zero attached hydrogens (tertiary/aromatic N) is 3. The zero-order valence-electron chi connectivity index (χ0n) is 27.7. The average Bonchev–Trinajstić information content (AvgIpc) is 3.34. The lowest BCUT2D eigenvalue weighted by molar-refractivity contribution is -0.148. The van der Waals surface area contributed by atoms with E-state index in [2.05, 4.69) is 18.8 Å². The first-order valence-corrected chi connectivity index (χ1v) is 16.9. The molecule has 12 heteroatoms. The Kier molecular flexibility index (Phi) is 8.73. The monoisotopic (exact) mass is 683 g/mol. The molecule has 1 aromatic heterocycles. The molecule has 3 heterocycles. The van der Waals surface area contributed by atoms with Crippen molar-refractivity contribution in [2.75, 3.05) is 32.8 Å². The third-order valence-electron chi connectivity index (χ3n) is 9.73. The van der Waals surface area contributed by atoms with Crippen LogP contribution in [-0.4, -0.2) is 71.0 Å². The summed E-state index contributed by atoms with van der Waals surface area (Å²) in [6.45, 7) is 11.8. The van der Waals surface area contributed by atoms with Gasteiger partial charge in [-0.2, -0.15) is 13.2 Å². The number of rotatable bonds is 8. The van der Waals surface area contributed by atoms with Crippen molar-refractivity contribution in [3.8, 4) is 11.1 Å². The maximum atomic E-state index is 13.6. The van der Waals surface area contributed by atoms with Gasteiger partial charge in [0.25, 0.3) is 5.91 Å². The number of halogens is 3. The van der Waals surface area contributed by atoms with E-state index in [1.165, 1.54) is 23.5 Å². The van der Waals surface area contributed by atoms with Gasteiger partial charge in [0.15, 0.2) is 0 Å². The van der Waals surface area contributed by atoms with Crippen molar-refractivity contribution in [1.82, 2.24) is 14.8 Å². The number of esters is 1. The molecule has 1 saturated carbocycles. The fourth-order valence-electron chi connectivity index (χ4n) is 6.91. The molecule has 2 aromatic carbocycles. The lowest BCUT2D eigenvalue weighted by Gasteiger charge is -2.51. The summed E-state index contributed by atoms with van der Waals surface area (Å²) < 4.78 is 51.8. The number of ether oxygens (including phenoxy) is 2. The number of aromatic nitrogens is 1. The lowest BCUT2D eigenvalue weighted by atomic mass is 9.71. The fourth-order valence-corrected chi connectivity index (χ4v) is 7.50. The van der Waals surface area contributed by atoms with Crippen LogP contribution in [0.25, 0.3) is 11.1 Å². The standard InChI is InChI=1S/C36H40F3N3O5S/c1-33(2,3)47-32(45)29-23(7-6-8-26(29)22-9-11-24(12-10-22)36(37,38)39)16-46-17-25-15-41(31(44)28-14-40-21-48-28)18-35(25)19-42(20-35)30(43)27-13-34(27,4)5/h6-12,14,21,25,27H,13,15-20H2,1-5H3/t25?,27-/m1/s1. The third-order valence-corrected chi connectivity index (χ3v) is 10.5. The highest BCUT2D eigenvalue weighted by Gasteiger charge is 2.60. The molecule has 0 radical (unpaired) electrons. The van der Waals surface area contributed by atoms with E-state index < -0.39 is 23.3 Å². The highest BCUT2D eigenvalue weighted by atomic mass is 32.1. The summed E-state index contributed by atoms with van der Waals surface area (Å²) in [6.07, 6.45) is -2.04. The van der Waals surface area contributed by atoms with Crippen LogP contribution in [0.1, 0.15) is 72.2 Å². The summed E-state index contributed by atoms with van der Waals surface area (Å²) in [7, 11) is 0. The molecule has 3 fully saturated rings. The fraction of sp³-hybridized carbons (Fsp3) is 0.500. The summed E-state index contributed by atoms with van der Waals surface area (Å²) in [5.41, 5.74) is 1.38. The number of amides is 2. The molecule has 256 valence electrons. The molecule has 2 aliphatic heterocycles. The molecular weight excluding hydrogens is 643 g/mol. The number of likely N-dealkylation sites (tertiary alicyclic amines) is 2. The van der Waals surface area contributed by atoms with Crippen molar-refractivity contribution in [2.24, 2.45) is 22.7 Å². The van der Waals surface area contributed by atoms with Crippen LogP contribution < -0.4 is 0 Å². The van der Waals surface area contributed by atoms with Crippen LogP contribution in [0.5, 0.6) is 0 Å². The normalized spacial score (nSPS) is 21.2. The number of carbonyl (C=O) groups is 3. The SMILES string of the molecule is CC(C)(C)OC(=O)c1c(COCC2CN(C(=O)c3cncs3)CC23CN(C(=O)[C@H]2CC2(C)C)C3)cccc1-c1ccc(C(F)(F)F)cc1. The van der Waals surface area contributed by atoms with E-state index in [4.69, 9.17) is 9.47 Å². The number of hydrogen-bond acceptors (Lipinski definition) is 7. The van der Waals surface area contributed by atoms with Gasteiger partial charge in [0, 0.05) is 43.4 Å². The molecule has 0 N–H and O–H groups in total. The number of thiazole rings is 1. The number of hydrogen-bond donors (Lipinski definition) is 0. The Morgan fingerprint density at radius 1 is 1.00 bits per heavy atom. The van der Waals surface area contributed by atoms with Gasteiger partial charge in [-0.1, -0.05) is 44.2 Å². The van der Waals surface area contributed by atoms with Crippen molar-refractivity contribution >= 4 is 29.1 Å². The van der Waals surface area contributed by atoms with Crippen LogP contribution >= 0.6 is 11.3 Å². The maximum Gasteiger partial charge on any atom is 0.416 e. The number of carbonyl (C=O) groups excluding carboxylic acids is 3. The van der Waals surface area contributed by atoms with E-state index in [1.807, 2.05) is 9.80 Å². The quantitative estimate of drug-likeness (QED) is 0.239. The first kappa shape index (κ1) is 34.1. The van der Waals surface area contributed by atoms with E-state index in [0.29, 0.717) is 47.7 Å². The molecule has 1 aliphatic carbocycles. The molecular formula is C36H40F3N3O5S. The van der Waals surface area contributed by atoms with Crippen LogP contribution in [-0.2, 0) is 27.1 Å². The second-order valence-electron chi connectivity index (χ2n) is 15.0. The Bertz CT molecular complexity index is 1690. The minimum Gasteiger partial charge on any atom is -0.456 e. The van der Waals surface area contributed by atoms with Crippen LogP contribution in [0.3, 0.4) is 0 Å².